The van der Waals surface area contributed by atoms with E-state index in [4.69, 9.17) is 0 Å². The van der Waals surface area contributed by atoms with Crippen molar-refractivity contribution in [2.24, 2.45) is 0 Å². The SMILES string of the molecule is O=C(CC1CCCN1)Nc1ccccc1Br. The molecule has 3 nitrogen and oxygen atoms in total. The van der Waals surface area contributed by atoms with E-state index >= 15 is 0 Å². The van der Waals surface area contributed by atoms with Crippen LogP contribution in [0.15, 0.2) is 28.7 Å². The monoisotopic (exact) mass is 282 g/mol. The zero-order chi connectivity index (χ0) is 11.4. The van der Waals surface area contributed by atoms with Crippen LogP contribution in [0, 0.1) is 0 Å². The summed E-state index contributed by atoms with van der Waals surface area (Å²) in [5.41, 5.74) is 0.838. The van der Waals surface area contributed by atoms with Crippen molar-refractivity contribution in [1.29, 1.82) is 0 Å². The van der Waals surface area contributed by atoms with Gasteiger partial charge in [0.15, 0.2) is 0 Å². The first-order valence-corrected chi connectivity index (χ1v) is 6.33. The molecule has 0 spiro atoms. The summed E-state index contributed by atoms with van der Waals surface area (Å²) in [6.07, 6.45) is 2.83. The number of hydrogen-bond donors (Lipinski definition) is 2. The highest BCUT2D eigenvalue weighted by atomic mass is 79.9. The summed E-state index contributed by atoms with van der Waals surface area (Å²) in [6, 6.07) is 8.00. The van der Waals surface area contributed by atoms with Gasteiger partial charge in [-0.3, -0.25) is 4.79 Å². The first kappa shape index (κ1) is 11.6. The summed E-state index contributed by atoms with van der Waals surface area (Å²) in [4.78, 5) is 11.7. The van der Waals surface area contributed by atoms with E-state index in [9.17, 15) is 4.79 Å². The highest BCUT2D eigenvalue weighted by molar-refractivity contribution is 9.10. The van der Waals surface area contributed by atoms with Gasteiger partial charge < -0.3 is 10.6 Å². The van der Waals surface area contributed by atoms with E-state index in [-0.39, 0.29) is 5.91 Å². The van der Waals surface area contributed by atoms with Crippen molar-refractivity contribution in [1.82, 2.24) is 5.32 Å². The van der Waals surface area contributed by atoms with Crippen LogP contribution in [-0.2, 0) is 4.79 Å². The third-order valence-electron chi connectivity index (χ3n) is 2.74. The Balaban J connectivity index is 1.89. The maximum atomic E-state index is 11.7. The second-order valence-electron chi connectivity index (χ2n) is 4.03. The Labute approximate surface area is 104 Å². The minimum absolute atomic E-state index is 0.0753. The molecule has 1 aliphatic rings. The molecule has 16 heavy (non-hydrogen) atoms. The molecule has 1 heterocycles. The number of benzene rings is 1. The van der Waals surface area contributed by atoms with E-state index in [0.29, 0.717) is 12.5 Å². The van der Waals surface area contributed by atoms with E-state index in [1.165, 1.54) is 6.42 Å². The molecule has 0 aromatic heterocycles. The second kappa shape index (κ2) is 5.46. The fraction of sp³-hybridized carbons (Fsp3) is 0.417. The number of anilines is 1. The van der Waals surface area contributed by atoms with E-state index in [2.05, 4.69) is 26.6 Å². The van der Waals surface area contributed by atoms with Crippen LogP contribution in [0.2, 0.25) is 0 Å². The minimum Gasteiger partial charge on any atom is -0.325 e. The molecule has 0 bridgehead atoms. The standard InChI is InChI=1S/C12H15BrN2O/c13-10-5-1-2-6-11(10)15-12(16)8-9-4-3-7-14-9/h1-2,5-6,9,14H,3-4,7-8H2,(H,15,16). The van der Waals surface area contributed by atoms with Gasteiger partial charge in [0.1, 0.15) is 0 Å². The summed E-state index contributed by atoms with van der Waals surface area (Å²) in [7, 11) is 0. The molecule has 2 N–H and O–H groups in total. The maximum Gasteiger partial charge on any atom is 0.225 e. The van der Waals surface area contributed by atoms with Gasteiger partial charge in [0, 0.05) is 16.9 Å². The van der Waals surface area contributed by atoms with Crippen LogP contribution in [-0.4, -0.2) is 18.5 Å². The number of hydrogen-bond acceptors (Lipinski definition) is 2. The molecule has 4 heteroatoms. The molecule has 1 unspecified atom stereocenters. The number of amides is 1. The summed E-state index contributed by atoms with van der Waals surface area (Å²) < 4.78 is 0.919. The number of rotatable bonds is 3. The molecule has 2 rings (SSSR count). The van der Waals surface area contributed by atoms with Gasteiger partial charge in [-0.1, -0.05) is 12.1 Å². The largest absolute Gasteiger partial charge is 0.325 e. The maximum absolute atomic E-state index is 11.7. The molecule has 1 fully saturated rings. The van der Waals surface area contributed by atoms with Crippen molar-refractivity contribution in [3.05, 3.63) is 28.7 Å². The Morgan fingerprint density at radius 3 is 3.00 bits per heavy atom. The summed E-state index contributed by atoms with van der Waals surface area (Å²) in [6.45, 7) is 1.03. The highest BCUT2D eigenvalue weighted by Gasteiger charge is 2.17. The number of halogens is 1. The molecule has 1 aromatic rings. The molecule has 0 aliphatic carbocycles. The fourth-order valence-electron chi connectivity index (χ4n) is 1.92. The molecular weight excluding hydrogens is 268 g/mol. The summed E-state index contributed by atoms with van der Waals surface area (Å²) in [5, 5.41) is 6.23. The van der Waals surface area contributed by atoms with E-state index < -0.39 is 0 Å². The van der Waals surface area contributed by atoms with Crippen LogP contribution in [0.4, 0.5) is 5.69 Å². The van der Waals surface area contributed by atoms with Crippen LogP contribution < -0.4 is 10.6 Å². The third-order valence-corrected chi connectivity index (χ3v) is 3.43. The number of nitrogens with one attached hydrogen (secondary N) is 2. The van der Waals surface area contributed by atoms with Gasteiger partial charge in [0.05, 0.1) is 5.69 Å². The average Bonchev–Trinajstić information content (AvgIpc) is 2.74. The van der Waals surface area contributed by atoms with Crippen molar-refractivity contribution in [3.63, 3.8) is 0 Å². The van der Waals surface area contributed by atoms with Crippen LogP contribution >= 0.6 is 15.9 Å². The van der Waals surface area contributed by atoms with E-state index in [1.54, 1.807) is 0 Å². The van der Waals surface area contributed by atoms with Crippen LogP contribution in [0.3, 0.4) is 0 Å². The quantitative estimate of drug-likeness (QED) is 0.895. The van der Waals surface area contributed by atoms with Gasteiger partial charge in [0.2, 0.25) is 5.91 Å². The van der Waals surface area contributed by atoms with Crippen LogP contribution in [0.1, 0.15) is 19.3 Å². The lowest BCUT2D eigenvalue weighted by molar-refractivity contribution is -0.116. The van der Waals surface area contributed by atoms with Gasteiger partial charge >= 0.3 is 0 Å². The summed E-state index contributed by atoms with van der Waals surface area (Å²) >= 11 is 3.41. The lowest BCUT2D eigenvalue weighted by Crippen LogP contribution is -2.27. The van der Waals surface area contributed by atoms with E-state index in [0.717, 1.165) is 23.1 Å². The molecule has 1 atom stereocenters. The number of carbonyl (C=O) groups excluding carboxylic acids is 1. The first-order valence-electron chi connectivity index (χ1n) is 5.53. The molecular formula is C12H15BrN2O. The normalized spacial score (nSPS) is 19.7. The lowest BCUT2D eigenvalue weighted by atomic mass is 10.1. The smallest absolute Gasteiger partial charge is 0.225 e. The predicted octanol–water partition coefficient (Wildman–Crippen LogP) is 2.53. The van der Waals surface area contributed by atoms with Gasteiger partial charge in [0.25, 0.3) is 0 Å². The Kier molecular flexibility index (Phi) is 3.96. The molecule has 0 saturated carbocycles. The number of para-hydroxylation sites is 1. The Morgan fingerprint density at radius 2 is 2.31 bits per heavy atom. The first-order chi connectivity index (χ1) is 7.75. The third kappa shape index (κ3) is 3.06. The average molecular weight is 283 g/mol. The van der Waals surface area contributed by atoms with Crippen molar-refractivity contribution in [3.8, 4) is 0 Å². The Morgan fingerprint density at radius 1 is 1.50 bits per heavy atom. The molecule has 1 aliphatic heterocycles. The topological polar surface area (TPSA) is 41.1 Å². The zero-order valence-corrected chi connectivity index (χ0v) is 10.6. The van der Waals surface area contributed by atoms with Crippen molar-refractivity contribution in [2.45, 2.75) is 25.3 Å². The zero-order valence-electron chi connectivity index (χ0n) is 9.00. The molecule has 0 radical (unpaired) electrons. The second-order valence-corrected chi connectivity index (χ2v) is 4.88. The van der Waals surface area contributed by atoms with Gasteiger partial charge in [-0.2, -0.15) is 0 Å². The molecule has 1 amide bonds. The summed E-state index contributed by atoms with van der Waals surface area (Å²) in [5.74, 6) is 0.0753. The minimum atomic E-state index is 0.0753. The Hall–Kier alpha value is -0.870. The van der Waals surface area contributed by atoms with Gasteiger partial charge in [-0.05, 0) is 47.4 Å². The molecule has 1 saturated heterocycles. The predicted molar refractivity (Wildman–Crippen MR) is 68.4 cm³/mol. The van der Waals surface area contributed by atoms with Crippen LogP contribution in [0.5, 0.6) is 0 Å². The molecule has 1 aromatic carbocycles. The van der Waals surface area contributed by atoms with Gasteiger partial charge in [-0.25, -0.2) is 0 Å². The van der Waals surface area contributed by atoms with Crippen molar-refractivity contribution >= 4 is 27.5 Å². The highest BCUT2D eigenvalue weighted by Crippen LogP contribution is 2.21. The number of carbonyl (C=O) groups is 1. The van der Waals surface area contributed by atoms with Crippen molar-refractivity contribution in [2.75, 3.05) is 11.9 Å². The van der Waals surface area contributed by atoms with Gasteiger partial charge in [-0.15, -0.1) is 0 Å². The Bertz CT molecular complexity index is 375. The van der Waals surface area contributed by atoms with E-state index in [1.807, 2.05) is 24.3 Å². The lowest BCUT2D eigenvalue weighted by Gasteiger charge is -2.11. The van der Waals surface area contributed by atoms with Crippen molar-refractivity contribution < 1.29 is 4.79 Å². The molecule has 86 valence electrons. The van der Waals surface area contributed by atoms with Crippen LogP contribution in [0.25, 0.3) is 0 Å². The fourth-order valence-corrected chi connectivity index (χ4v) is 2.30.